The van der Waals surface area contributed by atoms with E-state index in [-0.39, 0.29) is 25.0 Å². The van der Waals surface area contributed by atoms with Crippen LogP contribution in [0.5, 0.6) is 5.75 Å². The molecule has 0 aliphatic carbocycles. The molecule has 0 radical (unpaired) electrons. The molecule has 0 amide bonds. The average Bonchev–Trinajstić information content (AvgIpc) is 2.58. The molecule has 0 saturated carbocycles. The molecule has 0 unspecified atom stereocenters. The van der Waals surface area contributed by atoms with Gasteiger partial charge in [-0.25, -0.2) is 8.42 Å². The lowest BCUT2D eigenvalue weighted by atomic mass is 10.3. The molecule has 0 atom stereocenters. The second-order valence-electron chi connectivity index (χ2n) is 3.34. The zero-order valence-corrected chi connectivity index (χ0v) is 11.9. The van der Waals surface area contributed by atoms with E-state index in [1.807, 2.05) is 0 Å². The monoisotopic (exact) mass is 323 g/mol. The average molecular weight is 324 g/mol. The molecule has 1 heterocycles. The van der Waals surface area contributed by atoms with E-state index >= 15 is 0 Å². The fourth-order valence-corrected chi connectivity index (χ4v) is 4.49. The quantitative estimate of drug-likeness (QED) is 0.907. The standard InChI is InChI=1S/C10H7Cl2NO3S2/c11-9-5-8(10(12)17-9)18(15,16)13-6-2-1-3-7(14)4-6/h1-5,13-14H. The van der Waals surface area contributed by atoms with Crippen LogP contribution < -0.4 is 4.72 Å². The van der Waals surface area contributed by atoms with E-state index in [2.05, 4.69) is 4.72 Å². The Morgan fingerprint density at radius 1 is 1.22 bits per heavy atom. The second kappa shape index (κ2) is 4.97. The Balaban J connectivity index is 2.36. The van der Waals surface area contributed by atoms with E-state index in [0.717, 1.165) is 11.3 Å². The largest absolute Gasteiger partial charge is 0.508 e. The van der Waals surface area contributed by atoms with Crippen molar-refractivity contribution in [3.05, 3.63) is 39.0 Å². The van der Waals surface area contributed by atoms with Crippen LogP contribution in [0.15, 0.2) is 35.2 Å². The van der Waals surface area contributed by atoms with Crippen molar-refractivity contribution in [1.82, 2.24) is 0 Å². The summed E-state index contributed by atoms with van der Waals surface area (Å²) in [6, 6.07) is 7.04. The normalized spacial score (nSPS) is 11.4. The fourth-order valence-electron chi connectivity index (χ4n) is 1.29. The van der Waals surface area contributed by atoms with Gasteiger partial charge in [0.2, 0.25) is 0 Å². The number of thiophene rings is 1. The number of sulfonamides is 1. The van der Waals surface area contributed by atoms with Crippen molar-refractivity contribution in [1.29, 1.82) is 0 Å². The highest BCUT2D eigenvalue weighted by atomic mass is 35.5. The molecule has 0 spiro atoms. The van der Waals surface area contributed by atoms with E-state index in [0.29, 0.717) is 0 Å². The molecule has 96 valence electrons. The lowest BCUT2D eigenvalue weighted by Gasteiger charge is -2.07. The van der Waals surface area contributed by atoms with Gasteiger partial charge < -0.3 is 5.11 Å². The van der Waals surface area contributed by atoms with Gasteiger partial charge in [-0.1, -0.05) is 29.3 Å². The predicted molar refractivity (Wildman–Crippen MR) is 73.3 cm³/mol. The van der Waals surface area contributed by atoms with Gasteiger partial charge in [-0.2, -0.15) is 0 Å². The van der Waals surface area contributed by atoms with Gasteiger partial charge in [-0.05, 0) is 18.2 Å². The maximum atomic E-state index is 12.0. The van der Waals surface area contributed by atoms with Crippen molar-refractivity contribution in [3.8, 4) is 5.75 Å². The van der Waals surface area contributed by atoms with Gasteiger partial charge in [0, 0.05) is 6.07 Å². The number of anilines is 1. The first-order valence-corrected chi connectivity index (χ1v) is 7.71. The minimum Gasteiger partial charge on any atom is -0.508 e. The number of nitrogens with one attached hydrogen (secondary N) is 1. The Morgan fingerprint density at radius 2 is 1.94 bits per heavy atom. The highest BCUT2D eigenvalue weighted by molar-refractivity contribution is 7.93. The molecule has 4 nitrogen and oxygen atoms in total. The third-order valence-electron chi connectivity index (χ3n) is 2.01. The van der Waals surface area contributed by atoms with Gasteiger partial charge in [0.25, 0.3) is 10.0 Å². The third-order valence-corrected chi connectivity index (χ3v) is 5.15. The summed E-state index contributed by atoms with van der Waals surface area (Å²) in [5, 5.41) is 9.26. The number of hydrogen-bond acceptors (Lipinski definition) is 4. The van der Waals surface area contributed by atoms with E-state index < -0.39 is 10.0 Å². The summed E-state index contributed by atoms with van der Waals surface area (Å²) in [7, 11) is -3.81. The molecule has 0 fully saturated rings. The van der Waals surface area contributed by atoms with E-state index in [1.165, 1.54) is 30.3 Å². The van der Waals surface area contributed by atoms with E-state index in [1.54, 1.807) is 0 Å². The zero-order chi connectivity index (χ0) is 13.3. The number of aromatic hydroxyl groups is 1. The Morgan fingerprint density at radius 3 is 2.50 bits per heavy atom. The van der Waals surface area contributed by atoms with Crippen molar-refractivity contribution in [3.63, 3.8) is 0 Å². The summed E-state index contributed by atoms with van der Waals surface area (Å²) in [6.07, 6.45) is 0. The van der Waals surface area contributed by atoms with E-state index in [9.17, 15) is 13.5 Å². The Bertz CT molecular complexity index is 682. The number of hydrogen-bond donors (Lipinski definition) is 2. The number of phenolic OH excluding ortho intramolecular Hbond substituents is 1. The second-order valence-corrected chi connectivity index (χ2v) is 7.28. The van der Waals surface area contributed by atoms with Crippen LogP contribution in [0.4, 0.5) is 5.69 Å². The van der Waals surface area contributed by atoms with Crippen LogP contribution >= 0.6 is 34.5 Å². The number of rotatable bonds is 3. The molecule has 1 aromatic carbocycles. The van der Waals surface area contributed by atoms with Gasteiger partial charge in [0.1, 0.15) is 15.0 Å². The van der Waals surface area contributed by atoms with Crippen molar-refractivity contribution in [2.75, 3.05) is 4.72 Å². The molecule has 1 aromatic heterocycles. The Labute approximate surface area is 118 Å². The summed E-state index contributed by atoms with van der Waals surface area (Å²) in [5.74, 6) is -0.0374. The van der Waals surface area contributed by atoms with Gasteiger partial charge in [-0.3, -0.25) is 4.72 Å². The van der Waals surface area contributed by atoms with Crippen LogP contribution in [0.25, 0.3) is 0 Å². The SMILES string of the molecule is O=S(=O)(Nc1cccc(O)c1)c1cc(Cl)sc1Cl. The lowest BCUT2D eigenvalue weighted by molar-refractivity contribution is 0.475. The van der Waals surface area contributed by atoms with Gasteiger partial charge in [0.05, 0.1) is 10.0 Å². The predicted octanol–water partition coefficient (Wildman–Crippen LogP) is 3.56. The molecule has 0 aliphatic heterocycles. The molecule has 2 aromatic rings. The molecule has 0 bridgehead atoms. The molecule has 2 rings (SSSR count). The zero-order valence-electron chi connectivity index (χ0n) is 8.72. The van der Waals surface area contributed by atoms with E-state index in [4.69, 9.17) is 23.2 Å². The van der Waals surface area contributed by atoms with Crippen molar-refractivity contribution < 1.29 is 13.5 Å². The first-order chi connectivity index (χ1) is 8.38. The maximum absolute atomic E-state index is 12.0. The van der Waals surface area contributed by atoms with Crippen LogP contribution in [-0.2, 0) is 10.0 Å². The van der Waals surface area contributed by atoms with Crippen molar-refractivity contribution in [2.24, 2.45) is 0 Å². The van der Waals surface area contributed by atoms with Crippen LogP contribution in [0.2, 0.25) is 8.67 Å². The summed E-state index contributed by atoms with van der Waals surface area (Å²) < 4.78 is 26.7. The lowest BCUT2D eigenvalue weighted by Crippen LogP contribution is -2.12. The minimum atomic E-state index is -3.81. The maximum Gasteiger partial charge on any atom is 0.264 e. The fraction of sp³-hybridized carbons (Fsp3) is 0. The third kappa shape index (κ3) is 2.89. The topological polar surface area (TPSA) is 66.4 Å². The van der Waals surface area contributed by atoms with Gasteiger partial charge >= 0.3 is 0 Å². The summed E-state index contributed by atoms with van der Waals surface area (Å²) in [6.45, 7) is 0. The highest BCUT2D eigenvalue weighted by Gasteiger charge is 2.21. The first-order valence-electron chi connectivity index (χ1n) is 4.65. The van der Waals surface area contributed by atoms with Crippen molar-refractivity contribution >= 4 is 50.2 Å². The molecule has 18 heavy (non-hydrogen) atoms. The number of phenols is 1. The first kappa shape index (κ1) is 13.5. The smallest absolute Gasteiger partial charge is 0.264 e. The Hall–Kier alpha value is -0.950. The highest BCUT2D eigenvalue weighted by Crippen LogP contribution is 2.35. The molecular weight excluding hydrogens is 317 g/mol. The summed E-state index contributed by atoms with van der Waals surface area (Å²) in [4.78, 5) is -0.0810. The van der Waals surface area contributed by atoms with Crippen LogP contribution in [0.1, 0.15) is 0 Å². The van der Waals surface area contributed by atoms with Crippen LogP contribution in [0.3, 0.4) is 0 Å². The molecule has 0 aliphatic rings. The van der Waals surface area contributed by atoms with Gasteiger partial charge in [0.15, 0.2) is 0 Å². The minimum absolute atomic E-state index is 0.0374. The summed E-state index contributed by atoms with van der Waals surface area (Å²) >= 11 is 12.5. The Kier molecular flexibility index (Phi) is 3.72. The molecular formula is C10H7Cl2NO3S2. The number of benzene rings is 1. The van der Waals surface area contributed by atoms with Crippen LogP contribution in [-0.4, -0.2) is 13.5 Å². The molecule has 0 saturated heterocycles. The summed E-state index contributed by atoms with van der Waals surface area (Å²) in [5.41, 5.74) is 0.244. The van der Waals surface area contributed by atoms with Crippen LogP contribution in [0, 0.1) is 0 Å². The van der Waals surface area contributed by atoms with Crippen molar-refractivity contribution in [2.45, 2.75) is 4.90 Å². The van der Waals surface area contributed by atoms with Gasteiger partial charge in [-0.15, -0.1) is 11.3 Å². The molecule has 2 N–H and O–H groups in total. The number of halogens is 2. The molecule has 8 heteroatoms.